The molecule has 0 saturated heterocycles. The van der Waals surface area contributed by atoms with Gasteiger partial charge in [0.05, 0.1) is 11.6 Å². The summed E-state index contributed by atoms with van der Waals surface area (Å²) in [6, 6.07) is 9.86. The maximum absolute atomic E-state index is 11.4. The van der Waals surface area contributed by atoms with E-state index >= 15 is 0 Å². The van der Waals surface area contributed by atoms with Gasteiger partial charge in [-0.05, 0) is 31.5 Å². The summed E-state index contributed by atoms with van der Waals surface area (Å²) < 4.78 is 0. The van der Waals surface area contributed by atoms with Gasteiger partial charge in [-0.15, -0.1) is 0 Å². The molecule has 0 unspecified atom stereocenters. The first-order chi connectivity index (χ1) is 8.61. The molecule has 0 spiro atoms. The van der Waals surface area contributed by atoms with Crippen LogP contribution in [0.3, 0.4) is 0 Å². The second-order valence-corrected chi connectivity index (χ2v) is 5.44. The average Bonchev–Trinajstić information content (AvgIpc) is 2.34. The number of nitrogens with one attached hydrogen (secondary N) is 1. The lowest BCUT2D eigenvalue weighted by molar-refractivity contribution is -0.121. The second-order valence-electron chi connectivity index (χ2n) is 4.33. The number of nitriles is 1. The fraction of sp³-hybridized carbons (Fsp3) is 0.429. The Labute approximate surface area is 113 Å². The van der Waals surface area contributed by atoms with Gasteiger partial charge >= 0.3 is 0 Å². The average molecular weight is 262 g/mol. The Bertz CT molecular complexity index is 420. The smallest absolute Gasteiger partial charge is 0.221 e. The van der Waals surface area contributed by atoms with Gasteiger partial charge in [0.15, 0.2) is 0 Å². The minimum Gasteiger partial charge on any atom is -0.354 e. The topological polar surface area (TPSA) is 52.9 Å². The maximum Gasteiger partial charge on any atom is 0.221 e. The summed E-state index contributed by atoms with van der Waals surface area (Å²) in [6.07, 6.45) is 0.555. The lowest BCUT2D eigenvalue weighted by Crippen LogP contribution is -2.30. The van der Waals surface area contributed by atoms with Crippen LogP contribution in [0.4, 0.5) is 0 Å². The number of hydrogen-bond acceptors (Lipinski definition) is 3. The van der Waals surface area contributed by atoms with E-state index in [0.29, 0.717) is 12.0 Å². The van der Waals surface area contributed by atoms with E-state index in [-0.39, 0.29) is 11.9 Å². The third-order valence-corrected chi connectivity index (χ3v) is 3.31. The fourth-order valence-corrected chi connectivity index (χ4v) is 2.33. The van der Waals surface area contributed by atoms with Crippen molar-refractivity contribution >= 4 is 17.7 Å². The molecule has 0 aromatic heterocycles. The normalized spacial score (nSPS) is 10.1. The molecule has 1 rings (SSSR count). The summed E-state index contributed by atoms with van der Waals surface area (Å²) in [6.45, 7) is 3.92. The van der Waals surface area contributed by atoms with Crippen molar-refractivity contribution in [1.29, 1.82) is 5.26 Å². The number of amides is 1. The van der Waals surface area contributed by atoms with Crippen molar-refractivity contribution in [3.05, 3.63) is 35.4 Å². The van der Waals surface area contributed by atoms with Crippen LogP contribution in [0.25, 0.3) is 0 Å². The first kappa shape index (κ1) is 14.6. The Hall–Kier alpha value is -1.47. The van der Waals surface area contributed by atoms with Gasteiger partial charge in [-0.3, -0.25) is 4.79 Å². The summed E-state index contributed by atoms with van der Waals surface area (Å²) in [5, 5.41) is 11.5. The van der Waals surface area contributed by atoms with Crippen molar-refractivity contribution in [2.24, 2.45) is 0 Å². The Morgan fingerprint density at radius 1 is 1.39 bits per heavy atom. The number of carbonyl (C=O) groups is 1. The van der Waals surface area contributed by atoms with E-state index in [0.717, 1.165) is 11.5 Å². The third kappa shape index (κ3) is 5.74. The van der Waals surface area contributed by atoms with Gasteiger partial charge in [0.1, 0.15) is 0 Å². The van der Waals surface area contributed by atoms with E-state index in [1.54, 1.807) is 11.8 Å². The van der Waals surface area contributed by atoms with E-state index in [9.17, 15) is 4.79 Å². The van der Waals surface area contributed by atoms with Gasteiger partial charge in [0, 0.05) is 24.0 Å². The van der Waals surface area contributed by atoms with Crippen molar-refractivity contribution in [3.63, 3.8) is 0 Å². The van der Waals surface area contributed by atoms with Crippen LogP contribution in [-0.4, -0.2) is 17.7 Å². The van der Waals surface area contributed by atoms with E-state index in [1.807, 2.05) is 38.1 Å². The molecule has 96 valence electrons. The largest absolute Gasteiger partial charge is 0.354 e. The first-order valence-electron chi connectivity index (χ1n) is 5.98. The molecule has 0 aliphatic heterocycles. The third-order valence-electron chi connectivity index (χ3n) is 2.27. The Balaban J connectivity index is 2.21. The van der Waals surface area contributed by atoms with Gasteiger partial charge in [0.25, 0.3) is 0 Å². The van der Waals surface area contributed by atoms with Crippen LogP contribution in [0, 0.1) is 11.3 Å². The highest BCUT2D eigenvalue weighted by molar-refractivity contribution is 7.98. The molecule has 0 saturated carbocycles. The molecule has 1 aromatic rings. The summed E-state index contributed by atoms with van der Waals surface area (Å²) in [7, 11) is 0. The van der Waals surface area contributed by atoms with Crippen LogP contribution < -0.4 is 5.32 Å². The number of rotatable bonds is 6. The lowest BCUT2D eigenvalue weighted by atomic mass is 10.2. The molecule has 0 fully saturated rings. The zero-order valence-corrected chi connectivity index (χ0v) is 11.6. The minimum absolute atomic E-state index is 0.109. The van der Waals surface area contributed by atoms with Crippen molar-refractivity contribution in [1.82, 2.24) is 5.32 Å². The standard InChI is InChI=1S/C14H18N2OS/c1-11(2)16-14(17)7-8-18-10-13-5-3-12(9-15)4-6-13/h3-6,11H,7-8,10H2,1-2H3,(H,16,17). The quantitative estimate of drug-likeness (QED) is 0.802. The SMILES string of the molecule is CC(C)NC(=O)CCSCc1ccc(C#N)cc1. The monoisotopic (exact) mass is 262 g/mol. The molecule has 0 radical (unpaired) electrons. The highest BCUT2D eigenvalue weighted by atomic mass is 32.2. The molecule has 0 atom stereocenters. The van der Waals surface area contributed by atoms with Crippen molar-refractivity contribution < 1.29 is 4.79 Å². The fourth-order valence-electron chi connectivity index (χ4n) is 1.42. The highest BCUT2D eigenvalue weighted by Gasteiger charge is 2.02. The van der Waals surface area contributed by atoms with Crippen molar-refractivity contribution in [3.8, 4) is 6.07 Å². The Kier molecular flexibility index (Phi) is 6.31. The molecule has 0 aliphatic rings. The summed E-state index contributed by atoms with van der Waals surface area (Å²) in [5.74, 6) is 1.80. The maximum atomic E-state index is 11.4. The first-order valence-corrected chi connectivity index (χ1v) is 7.13. The summed E-state index contributed by atoms with van der Waals surface area (Å²) >= 11 is 1.73. The zero-order chi connectivity index (χ0) is 13.4. The van der Waals surface area contributed by atoms with E-state index in [1.165, 1.54) is 5.56 Å². The molecule has 0 heterocycles. The van der Waals surface area contributed by atoms with Crippen molar-refractivity contribution in [2.75, 3.05) is 5.75 Å². The molecule has 1 amide bonds. The van der Waals surface area contributed by atoms with Crippen LogP contribution in [0.5, 0.6) is 0 Å². The molecule has 1 aromatic carbocycles. The molecule has 1 N–H and O–H groups in total. The van der Waals surface area contributed by atoms with E-state index in [2.05, 4.69) is 11.4 Å². The summed E-state index contributed by atoms with van der Waals surface area (Å²) in [5.41, 5.74) is 1.86. The number of benzene rings is 1. The van der Waals surface area contributed by atoms with Crippen LogP contribution in [0.15, 0.2) is 24.3 Å². The number of nitrogens with zero attached hydrogens (tertiary/aromatic N) is 1. The van der Waals surface area contributed by atoms with Gasteiger partial charge in [-0.1, -0.05) is 12.1 Å². The molecule has 0 bridgehead atoms. The Morgan fingerprint density at radius 3 is 2.61 bits per heavy atom. The van der Waals surface area contributed by atoms with Crippen LogP contribution in [-0.2, 0) is 10.5 Å². The van der Waals surface area contributed by atoms with Gasteiger partial charge < -0.3 is 5.32 Å². The molecule has 0 aliphatic carbocycles. The molecule has 3 nitrogen and oxygen atoms in total. The number of hydrogen-bond donors (Lipinski definition) is 1. The van der Waals surface area contributed by atoms with Gasteiger partial charge in [-0.25, -0.2) is 0 Å². The molecular formula is C14H18N2OS. The lowest BCUT2D eigenvalue weighted by Gasteiger charge is -2.07. The zero-order valence-electron chi connectivity index (χ0n) is 10.8. The van der Waals surface area contributed by atoms with E-state index in [4.69, 9.17) is 5.26 Å². The predicted molar refractivity (Wildman–Crippen MR) is 75.2 cm³/mol. The molecule has 4 heteroatoms. The minimum atomic E-state index is 0.109. The van der Waals surface area contributed by atoms with Crippen molar-refractivity contribution in [2.45, 2.75) is 32.1 Å². The van der Waals surface area contributed by atoms with Gasteiger partial charge in [0.2, 0.25) is 5.91 Å². The Morgan fingerprint density at radius 2 is 2.06 bits per heavy atom. The second kappa shape index (κ2) is 7.78. The molecular weight excluding hydrogens is 244 g/mol. The van der Waals surface area contributed by atoms with Crippen LogP contribution >= 0.6 is 11.8 Å². The summed E-state index contributed by atoms with van der Waals surface area (Å²) in [4.78, 5) is 11.4. The molecule has 18 heavy (non-hydrogen) atoms. The highest BCUT2D eigenvalue weighted by Crippen LogP contribution is 2.13. The van der Waals surface area contributed by atoms with Gasteiger partial charge in [-0.2, -0.15) is 17.0 Å². The number of carbonyl (C=O) groups excluding carboxylic acids is 1. The van der Waals surface area contributed by atoms with E-state index < -0.39 is 0 Å². The van der Waals surface area contributed by atoms with Crippen LogP contribution in [0.1, 0.15) is 31.4 Å². The number of thioether (sulfide) groups is 1. The predicted octanol–water partition coefficient (Wildman–Crippen LogP) is 2.71. The van der Waals surface area contributed by atoms with Crippen LogP contribution in [0.2, 0.25) is 0 Å².